The molecule has 158 valence electrons. The van der Waals surface area contributed by atoms with Gasteiger partial charge in [-0.25, -0.2) is 5.43 Å². The molecule has 6 nitrogen and oxygen atoms in total. The first kappa shape index (κ1) is 20.8. The topological polar surface area (TPSA) is 68.8 Å². The molecule has 2 aromatic heterocycles. The number of hydrogen-bond acceptors (Lipinski definition) is 4. The Labute approximate surface area is 185 Å². The summed E-state index contributed by atoms with van der Waals surface area (Å²) in [7, 11) is 0. The minimum Gasteiger partial charge on any atom is -0.494 e. The Morgan fingerprint density at radius 3 is 2.68 bits per heavy atom. The van der Waals surface area contributed by atoms with Crippen molar-refractivity contribution in [1.82, 2.24) is 9.99 Å². The van der Waals surface area contributed by atoms with E-state index >= 15 is 0 Å². The summed E-state index contributed by atoms with van der Waals surface area (Å²) in [6.45, 7) is 6.51. The van der Waals surface area contributed by atoms with Crippen molar-refractivity contribution in [2.45, 2.75) is 20.8 Å². The van der Waals surface area contributed by atoms with E-state index in [1.54, 1.807) is 18.3 Å². The highest BCUT2D eigenvalue weighted by atomic mass is 35.5. The molecule has 0 saturated heterocycles. The van der Waals surface area contributed by atoms with Gasteiger partial charge in [0.05, 0.1) is 12.8 Å². The van der Waals surface area contributed by atoms with Crippen molar-refractivity contribution in [2.24, 2.45) is 5.10 Å². The molecule has 0 aliphatic carbocycles. The molecule has 0 bridgehead atoms. The van der Waals surface area contributed by atoms with E-state index in [1.165, 1.54) is 0 Å². The van der Waals surface area contributed by atoms with Crippen molar-refractivity contribution in [3.8, 4) is 11.4 Å². The number of halogens is 1. The van der Waals surface area contributed by atoms with Crippen LogP contribution in [-0.2, 0) is 0 Å². The molecule has 4 rings (SSSR count). The molecular formula is C24H22ClN3O3. The number of fused-ring (bicyclic) bond motifs is 1. The molecule has 0 aliphatic rings. The number of nitrogens with one attached hydrogen (secondary N) is 1. The van der Waals surface area contributed by atoms with E-state index < -0.39 is 5.91 Å². The fourth-order valence-electron chi connectivity index (χ4n) is 3.51. The number of carbonyl (C=O) groups is 1. The molecule has 0 atom stereocenters. The molecule has 0 saturated carbocycles. The summed E-state index contributed by atoms with van der Waals surface area (Å²) in [6.07, 6.45) is 1.63. The highest BCUT2D eigenvalue weighted by Gasteiger charge is 2.13. The summed E-state index contributed by atoms with van der Waals surface area (Å²) in [5.41, 5.74) is 7.11. The summed E-state index contributed by atoms with van der Waals surface area (Å²) >= 11 is 6.00. The number of furan rings is 1. The Balaban J connectivity index is 1.50. The molecule has 7 heteroatoms. The number of benzene rings is 2. The maximum absolute atomic E-state index is 12.5. The molecule has 0 radical (unpaired) electrons. The minimum absolute atomic E-state index is 0.187. The van der Waals surface area contributed by atoms with Gasteiger partial charge in [0.25, 0.3) is 0 Å². The van der Waals surface area contributed by atoms with Gasteiger partial charge in [-0.3, -0.25) is 4.79 Å². The smallest absolute Gasteiger partial charge is 0.307 e. The van der Waals surface area contributed by atoms with Crippen molar-refractivity contribution in [2.75, 3.05) is 6.61 Å². The van der Waals surface area contributed by atoms with Crippen molar-refractivity contribution in [3.05, 3.63) is 82.3 Å². The van der Waals surface area contributed by atoms with Gasteiger partial charge in [-0.05, 0) is 75.4 Å². The summed E-state index contributed by atoms with van der Waals surface area (Å²) in [6, 6.07) is 16.8. The summed E-state index contributed by atoms with van der Waals surface area (Å²) in [5, 5.41) is 5.60. The van der Waals surface area contributed by atoms with Gasteiger partial charge < -0.3 is 13.7 Å². The first-order valence-corrected chi connectivity index (χ1v) is 10.3. The van der Waals surface area contributed by atoms with Gasteiger partial charge in [-0.2, -0.15) is 5.10 Å². The Kier molecular flexibility index (Phi) is 5.82. The number of carbonyl (C=O) groups excluding carboxylic acids is 1. The van der Waals surface area contributed by atoms with Gasteiger partial charge in [0.1, 0.15) is 11.3 Å². The van der Waals surface area contributed by atoms with Crippen LogP contribution in [-0.4, -0.2) is 23.3 Å². The first-order valence-electron chi connectivity index (χ1n) is 9.91. The van der Waals surface area contributed by atoms with Gasteiger partial charge in [-0.15, -0.1) is 0 Å². The predicted octanol–water partition coefficient (Wildman–Crippen LogP) is 5.66. The van der Waals surface area contributed by atoms with Crippen LogP contribution in [0.1, 0.15) is 34.4 Å². The number of aryl methyl sites for hydroxylation is 1. The Morgan fingerprint density at radius 2 is 1.94 bits per heavy atom. The first-order chi connectivity index (χ1) is 15.0. The van der Waals surface area contributed by atoms with Gasteiger partial charge in [0, 0.05) is 33.0 Å². The quantitative estimate of drug-likeness (QED) is 0.314. The zero-order valence-electron chi connectivity index (χ0n) is 17.5. The Hall–Kier alpha value is -3.51. The van der Waals surface area contributed by atoms with E-state index in [0.717, 1.165) is 33.8 Å². The molecule has 0 spiro atoms. The summed E-state index contributed by atoms with van der Waals surface area (Å²) < 4.78 is 13.2. The van der Waals surface area contributed by atoms with Crippen LogP contribution in [0.5, 0.6) is 5.75 Å². The number of rotatable bonds is 6. The largest absolute Gasteiger partial charge is 0.494 e. The second-order valence-corrected chi connectivity index (χ2v) is 7.52. The molecule has 2 aromatic carbocycles. The van der Waals surface area contributed by atoms with E-state index in [4.69, 9.17) is 20.8 Å². The average molecular weight is 436 g/mol. The van der Waals surface area contributed by atoms with Gasteiger partial charge >= 0.3 is 5.91 Å². The number of nitrogens with zero attached hydrogens (tertiary/aromatic N) is 2. The molecule has 1 amide bonds. The molecule has 1 N–H and O–H groups in total. The lowest BCUT2D eigenvalue weighted by Gasteiger charge is -2.09. The molecule has 0 unspecified atom stereocenters. The van der Waals surface area contributed by atoms with Crippen LogP contribution < -0.4 is 10.2 Å². The lowest BCUT2D eigenvalue weighted by molar-refractivity contribution is 0.0929. The van der Waals surface area contributed by atoms with Crippen molar-refractivity contribution in [3.63, 3.8) is 0 Å². The van der Waals surface area contributed by atoms with Crippen LogP contribution in [0.4, 0.5) is 0 Å². The monoisotopic (exact) mass is 435 g/mol. The van der Waals surface area contributed by atoms with Crippen molar-refractivity contribution < 1.29 is 13.9 Å². The third-order valence-electron chi connectivity index (χ3n) is 4.95. The predicted molar refractivity (Wildman–Crippen MR) is 123 cm³/mol. The van der Waals surface area contributed by atoms with Gasteiger partial charge in [0.2, 0.25) is 0 Å². The highest BCUT2D eigenvalue weighted by molar-refractivity contribution is 6.30. The second kappa shape index (κ2) is 8.70. The fraction of sp³-hybridized carbons (Fsp3) is 0.167. The van der Waals surface area contributed by atoms with Crippen molar-refractivity contribution in [1.29, 1.82) is 0 Å². The average Bonchev–Trinajstić information content (AvgIpc) is 3.29. The Morgan fingerprint density at radius 1 is 1.16 bits per heavy atom. The second-order valence-electron chi connectivity index (χ2n) is 7.08. The van der Waals surface area contributed by atoms with Crippen molar-refractivity contribution >= 4 is 34.7 Å². The molecule has 0 aliphatic heterocycles. The van der Waals surface area contributed by atoms with Crippen LogP contribution in [0.25, 0.3) is 16.7 Å². The maximum atomic E-state index is 12.5. The summed E-state index contributed by atoms with van der Waals surface area (Å²) in [4.78, 5) is 12.5. The Bertz CT molecular complexity index is 1270. The number of aromatic nitrogens is 1. The number of hydrogen-bond donors (Lipinski definition) is 1. The zero-order valence-corrected chi connectivity index (χ0v) is 18.2. The standard InChI is InChI=1S/C24H22ClN3O3/c1-4-30-21-9-10-22-17(12-21)13-23(31-22)24(29)27-26-14-18-11-15(2)28(16(18)3)20-7-5-19(25)6-8-20/h5-14H,4H2,1-3H3,(H,27,29)/b26-14-. The summed E-state index contributed by atoms with van der Waals surface area (Å²) in [5.74, 6) is 0.501. The molecule has 31 heavy (non-hydrogen) atoms. The highest BCUT2D eigenvalue weighted by Crippen LogP contribution is 2.25. The van der Waals surface area contributed by atoms with E-state index in [2.05, 4.69) is 15.1 Å². The van der Waals surface area contributed by atoms with Gasteiger partial charge in [-0.1, -0.05) is 11.6 Å². The number of hydrazone groups is 1. The van der Waals surface area contributed by atoms with Crippen LogP contribution in [0.3, 0.4) is 0 Å². The molecule has 4 aromatic rings. The maximum Gasteiger partial charge on any atom is 0.307 e. The molecular weight excluding hydrogens is 414 g/mol. The third kappa shape index (κ3) is 4.34. The normalized spacial score (nSPS) is 11.4. The van der Waals surface area contributed by atoms with Crippen LogP contribution >= 0.6 is 11.6 Å². The number of ether oxygens (including phenoxy) is 1. The third-order valence-corrected chi connectivity index (χ3v) is 5.20. The zero-order chi connectivity index (χ0) is 22.0. The van der Waals surface area contributed by atoms with Crippen LogP contribution in [0.15, 0.2) is 64.1 Å². The lowest BCUT2D eigenvalue weighted by atomic mass is 10.2. The number of amides is 1. The molecule has 2 heterocycles. The van der Waals surface area contributed by atoms with E-state index in [0.29, 0.717) is 17.2 Å². The van der Waals surface area contributed by atoms with E-state index in [9.17, 15) is 4.79 Å². The fourth-order valence-corrected chi connectivity index (χ4v) is 3.64. The SMILES string of the molecule is CCOc1ccc2oc(C(=O)N/N=C\c3cc(C)n(-c4ccc(Cl)cc4)c3C)cc2c1. The lowest BCUT2D eigenvalue weighted by Crippen LogP contribution is -2.16. The van der Waals surface area contributed by atoms with E-state index in [-0.39, 0.29) is 5.76 Å². The van der Waals surface area contributed by atoms with Gasteiger partial charge in [0.15, 0.2) is 5.76 Å². The molecule has 0 fully saturated rings. The van der Waals surface area contributed by atoms with Crippen LogP contribution in [0, 0.1) is 13.8 Å². The van der Waals surface area contributed by atoms with Crippen LogP contribution in [0.2, 0.25) is 5.02 Å². The van der Waals surface area contributed by atoms with E-state index in [1.807, 2.05) is 63.2 Å². The minimum atomic E-state index is -0.420.